The quantitative estimate of drug-likeness (QED) is 0.648. The number of likely N-dealkylation sites (N-methyl/N-ethyl adjacent to an activating group) is 1. The first-order valence-electron chi connectivity index (χ1n) is 5.45. The SMILES string of the molecule is COc1nc(OC)nc([N+]2(C)CCOCC2)n1.O. The van der Waals surface area contributed by atoms with Gasteiger partial charge in [-0.05, 0) is 0 Å². The van der Waals surface area contributed by atoms with E-state index in [1.165, 1.54) is 14.2 Å². The van der Waals surface area contributed by atoms with E-state index in [1.807, 2.05) is 0 Å². The molecular weight excluding hydrogens is 240 g/mol. The third-order valence-corrected chi connectivity index (χ3v) is 2.89. The van der Waals surface area contributed by atoms with Crippen LogP contribution in [-0.4, -0.2) is 68.0 Å². The van der Waals surface area contributed by atoms with Crippen LogP contribution >= 0.6 is 0 Å². The van der Waals surface area contributed by atoms with Crippen molar-refractivity contribution in [3.63, 3.8) is 0 Å². The maximum atomic E-state index is 5.35. The number of nitrogens with zero attached hydrogens (tertiary/aromatic N) is 4. The molecule has 8 nitrogen and oxygen atoms in total. The highest BCUT2D eigenvalue weighted by Crippen LogP contribution is 2.22. The van der Waals surface area contributed by atoms with Gasteiger partial charge in [0.2, 0.25) is 0 Å². The van der Waals surface area contributed by atoms with E-state index in [9.17, 15) is 0 Å². The topological polar surface area (TPSA) is 97.9 Å². The number of hydrogen-bond acceptors (Lipinski definition) is 6. The Balaban J connectivity index is 0.00000162. The van der Waals surface area contributed by atoms with Crippen LogP contribution in [0.4, 0.5) is 5.95 Å². The lowest BCUT2D eigenvalue weighted by Gasteiger charge is -2.34. The Bertz CT molecular complexity index is 373. The van der Waals surface area contributed by atoms with Crippen LogP contribution in [0.25, 0.3) is 0 Å². The number of rotatable bonds is 3. The van der Waals surface area contributed by atoms with Gasteiger partial charge in [-0.15, -0.1) is 15.0 Å². The zero-order chi connectivity index (χ0) is 12.3. The Labute approximate surface area is 105 Å². The molecule has 0 bridgehead atoms. The smallest absolute Gasteiger partial charge is 0.338 e. The molecule has 0 atom stereocenters. The fourth-order valence-electron chi connectivity index (χ4n) is 1.70. The molecule has 2 N–H and O–H groups in total. The summed E-state index contributed by atoms with van der Waals surface area (Å²) in [4.78, 5) is 12.6. The van der Waals surface area contributed by atoms with Crippen LogP contribution in [0.2, 0.25) is 0 Å². The van der Waals surface area contributed by atoms with Crippen LogP contribution < -0.4 is 14.0 Å². The van der Waals surface area contributed by atoms with E-state index >= 15 is 0 Å². The van der Waals surface area contributed by atoms with Crippen molar-refractivity contribution in [1.29, 1.82) is 0 Å². The normalized spacial score (nSPS) is 17.7. The monoisotopic (exact) mass is 259 g/mol. The number of aromatic nitrogens is 3. The standard InChI is InChI=1S/C10H17N4O3.H2O/c1-14(4-6-17-7-5-14)8-11-9(15-2)13-10(12-8)16-3;/h4-7H2,1-3H3;1H2/q+1;. The summed E-state index contributed by atoms with van der Waals surface area (Å²) in [6.45, 7) is 3.06. The molecule has 0 amide bonds. The number of quaternary nitrogens is 1. The minimum Gasteiger partial charge on any atom is -0.466 e. The zero-order valence-electron chi connectivity index (χ0n) is 10.8. The van der Waals surface area contributed by atoms with Crippen LogP contribution in [-0.2, 0) is 4.74 Å². The average Bonchev–Trinajstić information content (AvgIpc) is 2.39. The van der Waals surface area contributed by atoms with E-state index in [4.69, 9.17) is 14.2 Å². The molecule has 1 saturated heterocycles. The Morgan fingerprint density at radius 1 is 1.00 bits per heavy atom. The van der Waals surface area contributed by atoms with Gasteiger partial charge in [-0.25, -0.2) is 0 Å². The maximum Gasteiger partial charge on any atom is 0.338 e. The molecule has 1 aliphatic rings. The lowest BCUT2D eigenvalue weighted by atomic mass is 10.4. The minimum atomic E-state index is 0. The molecule has 1 aliphatic heterocycles. The molecule has 0 spiro atoms. The molecule has 0 radical (unpaired) electrons. The summed E-state index contributed by atoms with van der Waals surface area (Å²) >= 11 is 0. The molecule has 2 rings (SSSR count). The van der Waals surface area contributed by atoms with E-state index in [2.05, 4.69) is 22.0 Å². The van der Waals surface area contributed by atoms with Gasteiger partial charge in [0.1, 0.15) is 13.1 Å². The second kappa shape index (κ2) is 5.89. The van der Waals surface area contributed by atoms with Crippen molar-refractivity contribution in [1.82, 2.24) is 19.4 Å². The largest absolute Gasteiger partial charge is 0.466 e. The Kier molecular flexibility index (Phi) is 4.76. The summed E-state index contributed by atoms with van der Waals surface area (Å²) in [5, 5.41) is 0. The first-order chi connectivity index (χ1) is 8.18. The van der Waals surface area contributed by atoms with E-state index in [0.717, 1.165) is 13.1 Å². The molecule has 8 heteroatoms. The van der Waals surface area contributed by atoms with E-state index in [1.54, 1.807) is 0 Å². The van der Waals surface area contributed by atoms with Gasteiger partial charge in [0.05, 0.1) is 34.5 Å². The van der Waals surface area contributed by atoms with Crippen LogP contribution in [0.5, 0.6) is 12.0 Å². The highest BCUT2D eigenvalue weighted by Gasteiger charge is 2.32. The van der Waals surface area contributed by atoms with Crippen molar-refractivity contribution in [2.75, 3.05) is 47.6 Å². The predicted octanol–water partition coefficient (Wildman–Crippen LogP) is -0.969. The van der Waals surface area contributed by atoms with Crippen LogP contribution in [0.3, 0.4) is 0 Å². The Morgan fingerprint density at radius 2 is 1.50 bits per heavy atom. The van der Waals surface area contributed by atoms with Gasteiger partial charge in [-0.3, -0.25) is 4.48 Å². The van der Waals surface area contributed by atoms with Crippen LogP contribution in [0, 0.1) is 0 Å². The molecule has 18 heavy (non-hydrogen) atoms. The summed E-state index contributed by atoms with van der Waals surface area (Å²) < 4.78 is 16.1. The van der Waals surface area contributed by atoms with E-state index in [0.29, 0.717) is 23.6 Å². The van der Waals surface area contributed by atoms with Gasteiger partial charge in [-0.1, -0.05) is 0 Å². The van der Waals surface area contributed by atoms with Crippen LogP contribution in [0.15, 0.2) is 0 Å². The highest BCUT2D eigenvalue weighted by molar-refractivity contribution is 5.27. The lowest BCUT2D eigenvalue weighted by Crippen LogP contribution is -2.54. The summed E-state index contributed by atoms with van der Waals surface area (Å²) in [6, 6.07) is 0.551. The fourth-order valence-corrected chi connectivity index (χ4v) is 1.70. The molecule has 1 fully saturated rings. The number of methoxy groups -OCH3 is 2. The number of ether oxygens (including phenoxy) is 3. The Morgan fingerprint density at radius 3 is 1.94 bits per heavy atom. The fraction of sp³-hybridized carbons (Fsp3) is 0.700. The van der Waals surface area contributed by atoms with Crippen molar-refractivity contribution in [3.8, 4) is 12.0 Å². The third kappa shape index (κ3) is 2.84. The zero-order valence-corrected chi connectivity index (χ0v) is 10.8. The van der Waals surface area contributed by atoms with Gasteiger partial charge in [-0.2, -0.15) is 0 Å². The molecule has 102 valence electrons. The van der Waals surface area contributed by atoms with Crippen molar-refractivity contribution < 1.29 is 19.7 Å². The van der Waals surface area contributed by atoms with E-state index in [-0.39, 0.29) is 17.5 Å². The first-order valence-corrected chi connectivity index (χ1v) is 5.45. The summed E-state index contributed by atoms with van der Waals surface area (Å²) in [7, 11) is 5.12. The third-order valence-electron chi connectivity index (χ3n) is 2.89. The average molecular weight is 259 g/mol. The van der Waals surface area contributed by atoms with Crippen molar-refractivity contribution >= 4 is 5.95 Å². The minimum absolute atomic E-state index is 0. The summed E-state index contributed by atoms with van der Waals surface area (Å²) in [6.07, 6.45) is 0. The molecule has 1 aromatic rings. The molecule has 0 aliphatic carbocycles. The van der Waals surface area contributed by atoms with Gasteiger partial charge in [0, 0.05) is 0 Å². The molecular formula is C10H19N4O4+. The second-order valence-electron chi connectivity index (χ2n) is 4.06. The lowest BCUT2D eigenvalue weighted by molar-refractivity contribution is 0.0489. The number of hydrogen-bond donors (Lipinski definition) is 0. The van der Waals surface area contributed by atoms with Crippen molar-refractivity contribution in [2.24, 2.45) is 0 Å². The van der Waals surface area contributed by atoms with Gasteiger partial charge in [0.25, 0.3) is 0 Å². The van der Waals surface area contributed by atoms with Crippen molar-refractivity contribution in [2.45, 2.75) is 0 Å². The van der Waals surface area contributed by atoms with Gasteiger partial charge >= 0.3 is 18.0 Å². The molecule has 1 aromatic heterocycles. The predicted molar refractivity (Wildman–Crippen MR) is 64.8 cm³/mol. The second-order valence-corrected chi connectivity index (χ2v) is 4.06. The summed E-state index contributed by atoms with van der Waals surface area (Å²) in [5.74, 6) is 0.650. The number of morpholine rings is 1. The first kappa shape index (κ1) is 14.6. The molecule has 0 aromatic carbocycles. The van der Waals surface area contributed by atoms with Crippen LogP contribution in [0.1, 0.15) is 0 Å². The molecule has 0 unspecified atom stereocenters. The van der Waals surface area contributed by atoms with Gasteiger partial charge < -0.3 is 19.7 Å². The van der Waals surface area contributed by atoms with E-state index < -0.39 is 0 Å². The molecule has 0 saturated carbocycles. The molecule has 2 heterocycles. The van der Waals surface area contributed by atoms with Crippen molar-refractivity contribution in [3.05, 3.63) is 0 Å². The van der Waals surface area contributed by atoms with Gasteiger partial charge in [0.15, 0.2) is 0 Å². The Hall–Kier alpha value is -1.51. The summed E-state index contributed by atoms with van der Waals surface area (Å²) in [5.41, 5.74) is 0. The maximum absolute atomic E-state index is 5.35. The highest BCUT2D eigenvalue weighted by atomic mass is 16.5.